The van der Waals surface area contributed by atoms with Crippen LogP contribution in [0.25, 0.3) is 10.9 Å². The van der Waals surface area contributed by atoms with Crippen LogP contribution >= 0.6 is 0 Å². The van der Waals surface area contributed by atoms with E-state index in [0.717, 1.165) is 27.9 Å². The maximum atomic E-state index is 10.9. The number of hydrogen-bond acceptors (Lipinski definition) is 2. The molecular weight excluding hydrogens is 230 g/mol. The zero-order chi connectivity index (χ0) is 13.3. The Balaban J connectivity index is 2.62. The van der Waals surface area contributed by atoms with E-state index in [0.29, 0.717) is 6.61 Å². The van der Waals surface area contributed by atoms with E-state index in [1.807, 2.05) is 43.7 Å². The molecule has 0 unspecified atom stereocenters. The molecule has 0 saturated carbocycles. The third kappa shape index (κ3) is 2.06. The fraction of sp³-hybridized carbons (Fsp3) is 0.357. The van der Waals surface area contributed by atoms with E-state index >= 15 is 0 Å². The first kappa shape index (κ1) is 12.5. The Kier molecular flexibility index (Phi) is 3.28. The fourth-order valence-corrected chi connectivity index (χ4v) is 2.26. The molecule has 0 aliphatic heterocycles. The second-order valence-corrected chi connectivity index (χ2v) is 4.31. The van der Waals surface area contributed by atoms with Gasteiger partial charge >= 0.3 is 5.97 Å². The third-order valence-electron chi connectivity index (χ3n) is 3.23. The van der Waals surface area contributed by atoms with Crippen molar-refractivity contribution in [1.29, 1.82) is 0 Å². The lowest BCUT2D eigenvalue weighted by molar-refractivity contribution is -0.136. The smallest absolute Gasteiger partial charge is 0.307 e. The number of carboxylic acids is 1. The molecule has 0 radical (unpaired) electrons. The van der Waals surface area contributed by atoms with Gasteiger partial charge in [-0.05, 0) is 37.6 Å². The molecule has 18 heavy (non-hydrogen) atoms. The minimum atomic E-state index is -0.813. The lowest BCUT2D eigenvalue weighted by atomic mass is 10.1. The average molecular weight is 247 g/mol. The first-order valence-corrected chi connectivity index (χ1v) is 5.97. The Labute approximate surface area is 106 Å². The van der Waals surface area contributed by atoms with Crippen LogP contribution in [0.2, 0.25) is 0 Å². The molecular formula is C14H17NO3. The van der Waals surface area contributed by atoms with E-state index < -0.39 is 5.97 Å². The van der Waals surface area contributed by atoms with Crippen LogP contribution < -0.4 is 4.74 Å². The molecule has 96 valence electrons. The quantitative estimate of drug-likeness (QED) is 0.903. The number of fused-ring (bicyclic) bond motifs is 1. The number of nitrogens with zero attached hydrogens (tertiary/aromatic N) is 1. The van der Waals surface area contributed by atoms with Crippen LogP contribution in [0.5, 0.6) is 5.75 Å². The van der Waals surface area contributed by atoms with Gasteiger partial charge < -0.3 is 14.4 Å². The van der Waals surface area contributed by atoms with Gasteiger partial charge in [-0.3, -0.25) is 4.79 Å². The zero-order valence-electron chi connectivity index (χ0n) is 10.9. The van der Waals surface area contributed by atoms with Crippen molar-refractivity contribution in [2.45, 2.75) is 20.3 Å². The third-order valence-corrected chi connectivity index (χ3v) is 3.23. The summed E-state index contributed by atoms with van der Waals surface area (Å²) in [4.78, 5) is 10.9. The molecule has 4 heteroatoms. The fourth-order valence-electron chi connectivity index (χ4n) is 2.26. The van der Waals surface area contributed by atoms with E-state index in [9.17, 15) is 4.79 Å². The van der Waals surface area contributed by atoms with Gasteiger partial charge in [0.05, 0.1) is 13.0 Å². The number of hydrogen-bond donors (Lipinski definition) is 1. The maximum absolute atomic E-state index is 10.9. The Bertz CT molecular complexity index is 599. The van der Waals surface area contributed by atoms with Crippen LogP contribution in [0.15, 0.2) is 18.2 Å². The normalized spacial score (nSPS) is 10.8. The molecule has 0 fully saturated rings. The minimum absolute atomic E-state index is 0.0404. The second kappa shape index (κ2) is 4.72. The van der Waals surface area contributed by atoms with E-state index in [1.165, 1.54) is 0 Å². The SMILES string of the molecule is CCOc1ccc2c(c1)c(CC(=O)O)c(C)n2C. The van der Waals surface area contributed by atoms with Gasteiger partial charge in [0.15, 0.2) is 0 Å². The highest BCUT2D eigenvalue weighted by Gasteiger charge is 2.15. The lowest BCUT2D eigenvalue weighted by Crippen LogP contribution is -2.02. The zero-order valence-corrected chi connectivity index (χ0v) is 10.9. The molecule has 2 aromatic rings. The Morgan fingerprint density at radius 1 is 1.44 bits per heavy atom. The van der Waals surface area contributed by atoms with Gasteiger partial charge in [0, 0.05) is 23.6 Å². The van der Waals surface area contributed by atoms with Crippen LogP contribution in [0.3, 0.4) is 0 Å². The first-order chi connectivity index (χ1) is 8.54. The maximum Gasteiger partial charge on any atom is 0.307 e. The van der Waals surface area contributed by atoms with Crippen LogP contribution in [-0.2, 0) is 18.3 Å². The average Bonchev–Trinajstić information content (AvgIpc) is 2.55. The van der Waals surface area contributed by atoms with Crippen molar-refractivity contribution in [3.05, 3.63) is 29.5 Å². The van der Waals surface area contributed by atoms with Gasteiger partial charge in [-0.15, -0.1) is 0 Å². The van der Waals surface area contributed by atoms with Gasteiger partial charge in [-0.2, -0.15) is 0 Å². The van der Waals surface area contributed by atoms with Gasteiger partial charge in [0.2, 0.25) is 0 Å². The van der Waals surface area contributed by atoms with Crippen molar-refractivity contribution in [3.8, 4) is 5.75 Å². The number of carboxylic acid groups (broad SMARTS) is 1. The highest BCUT2D eigenvalue weighted by molar-refractivity contribution is 5.90. The molecule has 0 bridgehead atoms. The largest absolute Gasteiger partial charge is 0.494 e. The van der Waals surface area contributed by atoms with E-state index in [4.69, 9.17) is 9.84 Å². The predicted molar refractivity (Wildman–Crippen MR) is 70.2 cm³/mol. The molecule has 0 aliphatic rings. The molecule has 4 nitrogen and oxygen atoms in total. The summed E-state index contributed by atoms with van der Waals surface area (Å²) in [6, 6.07) is 5.80. The van der Waals surface area contributed by atoms with Crippen LogP contribution in [-0.4, -0.2) is 22.2 Å². The summed E-state index contributed by atoms with van der Waals surface area (Å²) in [7, 11) is 1.95. The summed E-state index contributed by atoms with van der Waals surface area (Å²) < 4.78 is 7.48. The summed E-state index contributed by atoms with van der Waals surface area (Å²) in [5, 5.41) is 9.95. The first-order valence-electron chi connectivity index (χ1n) is 5.97. The summed E-state index contributed by atoms with van der Waals surface area (Å²) in [5.74, 6) is -0.0327. The van der Waals surface area contributed by atoms with Crippen molar-refractivity contribution in [1.82, 2.24) is 4.57 Å². The molecule has 0 atom stereocenters. The monoisotopic (exact) mass is 247 g/mol. The van der Waals surface area contributed by atoms with Crippen molar-refractivity contribution >= 4 is 16.9 Å². The van der Waals surface area contributed by atoms with E-state index in [1.54, 1.807) is 0 Å². The summed E-state index contributed by atoms with van der Waals surface area (Å²) >= 11 is 0. The standard InChI is InChI=1S/C14H17NO3/c1-4-18-10-5-6-13-12(7-10)11(8-14(16)17)9(2)15(13)3/h5-7H,4,8H2,1-3H3,(H,16,17). The molecule has 0 amide bonds. The molecule has 0 spiro atoms. The van der Waals surface area contributed by atoms with Crippen molar-refractivity contribution in [3.63, 3.8) is 0 Å². The topological polar surface area (TPSA) is 51.5 Å². The Hall–Kier alpha value is -1.97. The summed E-state index contributed by atoms with van der Waals surface area (Å²) in [5.41, 5.74) is 2.88. The molecule has 1 aromatic heterocycles. The van der Waals surface area contributed by atoms with Gasteiger partial charge in [-0.25, -0.2) is 0 Å². The number of aryl methyl sites for hydroxylation is 1. The number of ether oxygens (including phenoxy) is 1. The van der Waals surface area contributed by atoms with Gasteiger partial charge in [-0.1, -0.05) is 0 Å². The second-order valence-electron chi connectivity index (χ2n) is 4.31. The van der Waals surface area contributed by atoms with Crippen molar-refractivity contribution in [2.75, 3.05) is 6.61 Å². The molecule has 2 rings (SSSR count). The number of aliphatic carboxylic acids is 1. The lowest BCUT2D eigenvalue weighted by Gasteiger charge is -2.03. The summed E-state index contributed by atoms with van der Waals surface area (Å²) in [6.07, 6.45) is 0.0404. The molecule has 0 aliphatic carbocycles. The predicted octanol–water partition coefficient (Wildman–Crippen LogP) is 2.51. The molecule has 1 heterocycles. The van der Waals surface area contributed by atoms with E-state index in [2.05, 4.69) is 0 Å². The summed E-state index contributed by atoms with van der Waals surface area (Å²) in [6.45, 7) is 4.48. The molecule has 1 aromatic carbocycles. The van der Waals surface area contributed by atoms with E-state index in [-0.39, 0.29) is 6.42 Å². The van der Waals surface area contributed by atoms with Crippen LogP contribution in [0, 0.1) is 6.92 Å². The Morgan fingerprint density at radius 3 is 2.78 bits per heavy atom. The van der Waals surface area contributed by atoms with Crippen LogP contribution in [0.1, 0.15) is 18.2 Å². The Morgan fingerprint density at radius 2 is 2.17 bits per heavy atom. The molecule has 0 saturated heterocycles. The van der Waals surface area contributed by atoms with Crippen LogP contribution in [0.4, 0.5) is 0 Å². The van der Waals surface area contributed by atoms with Gasteiger partial charge in [0.25, 0.3) is 0 Å². The van der Waals surface area contributed by atoms with Gasteiger partial charge in [0.1, 0.15) is 5.75 Å². The number of carbonyl (C=O) groups is 1. The molecule has 1 N–H and O–H groups in total. The number of rotatable bonds is 4. The highest BCUT2D eigenvalue weighted by Crippen LogP contribution is 2.29. The number of aromatic nitrogens is 1. The van der Waals surface area contributed by atoms with Crippen molar-refractivity contribution < 1.29 is 14.6 Å². The highest BCUT2D eigenvalue weighted by atomic mass is 16.5. The van der Waals surface area contributed by atoms with Crippen molar-refractivity contribution in [2.24, 2.45) is 7.05 Å². The minimum Gasteiger partial charge on any atom is -0.494 e. The number of benzene rings is 1.